The number of benzene rings is 1. The molecule has 5 nitrogen and oxygen atoms in total. The monoisotopic (exact) mass is 370 g/mol. The molecule has 0 aliphatic rings. The molecule has 0 aliphatic heterocycles. The molecule has 1 N–H and O–H groups in total. The van der Waals surface area contributed by atoms with Crippen LogP contribution in [-0.2, 0) is 9.53 Å². The topological polar surface area (TPSA) is 68.3 Å². The van der Waals surface area contributed by atoms with Crippen molar-refractivity contribution in [3.8, 4) is 0 Å². The molecule has 0 spiro atoms. The van der Waals surface area contributed by atoms with Gasteiger partial charge in [-0.15, -0.1) is 6.58 Å². The average molecular weight is 370 g/mol. The van der Waals surface area contributed by atoms with Crippen molar-refractivity contribution in [2.24, 2.45) is 0 Å². The van der Waals surface area contributed by atoms with Crippen LogP contribution in [0.15, 0.2) is 59.1 Å². The predicted octanol–water partition coefficient (Wildman–Crippen LogP) is 3.70. The molecule has 0 aliphatic carbocycles. The van der Waals surface area contributed by atoms with Crippen LogP contribution in [0.25, 0.3) is 0 Å². The van der Waals surface area contributed by atoms with Crippen molar-refractivity contribution >= 4 is 23.6 Å². The van der Waals surface area contributed by atoms with E-state index >= 15 is 0 Å². The highest BCUT2D eigenvalue weighted by atomic mass is 32.2. The fraction of sp³-hybridized carbons (Fsp3) is 0.250. The highest BCUT2D eigenvalue weighted by molar-refractivity contribution is 7.99. The lowest BCUT2D eigenvalue weighted by atomic mass is 10.1. The van der Waals surface area contributed by atoms with E-state index in [1.54, 1.807) is 24.4 Å². The number of nitrogens with one attached hydrogen (secondary N) is 1. The third-order valence-corrected chi connectivity index (χ3v) is 4.77. The van der Waals surface area contributed by atoms with Gasteiger partial charge in [-0.25, -0.2) is 9.78 Å². The molecule has 1 heterocycles. The van der Waals surface area contributed by atoms with Crippen LogP contribution in [0.3, 0.4) is 0 Å². The Bertz CT molecular complexity index is 820. The van der Waals surface area contributed by atoms with E-state index in [1.807, 2.05) is 26.0 Å². The average Bonchev–Trinajstić information content (AvgIpc) is 2.63. The largest absolute Gasteiger partial charge is 0.449 e. The number of amides is 1. The number of aryl methyl sites for hydroxylation is 2. The van der Waals surface area contributed by atoms with Crippen LogP contribution in [0.5, 0.6) is 0 Å². The van der Waals surface area contributed by atoms with Crippen LogP contribution in [-0.4, -0.2) is 29.5 Å². The Kier molecular flexibility index (Phi) is 6.97. The summed E-state index contributed by atoms with van der Waals surface area (Å²) in [6.45, 7) is 9.47. The molecule has 1 aromatic heterocycles. The molecular weight excluding hydrogens is 348 g/mol. The highest BCUT2D eigenvalue weighted by Crippen LogP contribution is 2.30. The van der Waals surface area contributed by atoms with Crippen molar-refractivity contribution in [2.75, 3.05) is 6.54 Å². The standard InChI is InChI=1S/C20H22N2O3S/c1-5-10-21-18(23)15(4)25-20(24)17-7-6-11-22-19(17)26-16-9-8-13(2)14(3)12-16/h5-9,11-12,15H,1,10H2,2-4H3,(H,21,23)/t15-/m1/s1. The Labute approximate surface area is 157 Å². The van der Waals surface area contributed by atoms with E-state index in [2.05, 4.69) is 22.9 Å². The molecule has 2 rings (SSSR count). The van der Waals surface area contributed by atoms with Crippen LogP contribution in [0, 0.1) is 13.8 Å². The molecule has 1 amide bonds. The molecule has 0 radical (unpaired) electrons. The van der Waals surface area contributed by atoms with Crippen LogP contribution < -0.4 is 5.32 Å². The number of ether oxygens (including phenoxy) is 1. The van der Waals surface area contributed by atoms with E-state index in [0.717, 1.165) is 4.90 Å². The molecule has 0 saturated carbocycles. The summed E-state index contributed by atoms with van der Waals surface area (Å²) in [5, 5.41) is 3.14. The first kappa shape index (κ1) is 19.7. The van der Waals surface area contributed by atoms with Gasteiger partial charge in [0.15, 0.2) is 6.10 Å². The van der Waals surface area contributed by atoms with Gasteiger partial charge in [0.05, 0.1) is 5.56 Å². The zero-order valence-electron chi connectivity index (χ0n) is 15.1. The van der Waals surface area contributed by atoms with Gasteiger partial charge in [-0.3, -0.25) is 4.79 Å². The maximum Gasteiger partial charge on any atom is 0.341 e. The van der Waals surface area contributed by atoms with Gasteiger partial charge >= 0.3 is 5.97 Å². The Morgan fingerprint density at radius 3 is 2.77 bits per heavy atom. The van der Waals surface area contributed by atoms with E-state index in [1.165, 1.54) is 29.8 Å². The minimum atomic E-state index is -0.901. The fourth-order valence-electron chi connectivity index (χ4n) is 2.11. The van der Waals surface area contributed by atoms with Crippen LogP contribution >= 0.6 is 11.8 Å². The van der Waals surface area contributed by atoms with Gasteiger partial charge in [-0.1, -0.05) is 23.9 Å². The predicted molar refractivity (Wildman–Crippen MR) is 102 cm³/mol. The Morgan fingerprint density at radius 2 is 2.08 bits per heavy atom. The number of nitrogens with zero attached hydrogens (tertiary/aromatic N) is 1. The summed E-state index contributed by atoms with van der Waals surface area (Å²) in [5.41, 5.74) is 2.70. The number of carbonyl (C=O) groups excluding carboxylic acids is 2. The van der Waals surface area contributed by atoms with Crippen LogP contribution in [0.1, 0.15) is 28.4 Å². The quantitative estimate of drug-likeness (QED) is 0.595. The number of hydrogen-bond acceptors (Lipinski definition) is 5. The van der Waals surface area contributed by atoms with Gasteiger partial charge < -0.3 is 10.1 Å². The van der Waals surface area contributed by atoms with E-state index in [-0.39, 0.29) is 5.91 Å². The lowest BCUT2D eigenvalue weighted by molar-refractivity contribution is -0.128. The number of pyridine rings is 1. The van der Waals surface area contributed by atoms with Crippen molar-refractivity contribution < 1.29 is 14.3 Å². The number of rotatable bonds is 7. The maximum absolute atomic E-state index is 12.5. The lowest BCUT2D eigenvalue weighted by Crippen LogP contribution is -2.35. The van der Waals surface area contributed by atoms with Gasteiger partial charge in [0.1, 0.15) is 5.03 Å². The molecule has 2 aromatic rings. The summed E-state index contributed by atoms with van der Waals surface area (Å²) in [5.74, 6) is -0.948. The summed E-state index contributed by atoms with van der Waals surface area (Å²) in [6.07, 6.45) is 2.29. The van der Waals surface area contributed by atoms with E-state index in [0.29, 0.717) is 17.1 Å². The third kappa shape index (κ3) is 5.20. The SMILES string of the molecule is C=CCNC(=O)[C@@H](C)OC(=O)c1cccnc1Sc1ccc(C)c(C)c1. The van der Waals surface area contributed by atoms with E-state index in [4.69, 9.17) is 4.74 Å². The first-order chi connectivity index (χ1) is 12.4. The smallest absolute Gasteiger partial charge is 0.341 e. The zero-order valence-corrected chi connectivity index (χ0v) is 15.9. The number of esters is 1. The number of carbonyl (C=O) groups is 2. The van der Waals surface area contributed by atoms with Crippen LogP contribution in [0.4, 0.5) is 0 Å². The van der Waals surface area contributed by atoms with Crippen molar-refractivity contribution in [3.05, 3.63) is 65.9 Å². The molecule has 26 heavy (non-hydrogen) atoms. The van der Waals surface area contributed by atoms with Gasteiger partial charge in [-0.05, 0) is 56.2 Å². The second-order valence-electron chi connectivity index (χ2n) is 5.79. The zero-order chi connectivity index (χ0) is 19.1. The third-order valence-electron chi connectivity index (χ3n) is 3.76. The first-order valence-corrected chi connectivity index (χ1v) is 9.03. The fourth-order valence-corrected chi connectivity index (χ4v) is 3.08. The molecule has 6 heteroatoms. The minimum Gasteiger partial charge on any atom is -0.449 e. The molecule has 0 unspecified atom stereocenters. The van der Waals surface area contributed by atoms with Crippen LogP contribution in [0.2, 0.25) is 0 Å². The van der Waals surface area contributed by atoms with E-state index < -0.39 is 12.1 Å². The van der Waals surface area contributed by atoms with Gasteiger partial charge in [0, 0.05) is 17.6 Å². The molecule has 1 atom stereocenters. The van der Waals surface area contributed by atoms with Crippen molar-refractivity contribution in [1.29, 1.82) is 0 Å². The first-order valence-electron chi connectivity index (χ1n) is 8.22. The Hall–Kier alpha value is -2.60. The van der Waals surface area contributed by atoms with Crippen molar-refractivity contribution in [2.45, 2.75) is 36.8 Å². The molecular formula is C20H22N2O3S. The molecule has 1 aromatic carbocycles. The summed E-state index contributed by atoms with van der Waals surface area (Å²) < 4.78 is 5.28. The van der Waals surface area contributed by atoms with Gasteiger partial charge in [0.2, 0.25) is 0 Å². The molecule has 0 bridgehead atoms. The summed E-state index contributed by atoms with van der Waals surface area (Å²) in [7, 11) is 0. The van der Waals surface area contributed by atoms with Crippen molar-refractivity contribution in [1.82, 2.24) is 10.3 Å². The second kappa shape index (κ2) is 9.20. The highest BCUT2D eigenvalue weighted by Gasteiger charge is 2.21. The van der Waals surface area contributed by atoms with Crippen molar-refractivity contribution in [3.63, 3.8) is 0 Å². The Morgan fingerprint density at radius 1 is 1.31 bits per heavy atom. The molecule has 0 fully saturated rings. The number of hydrogen-bond donors (Lipinski definition) is 1. The Balaban J connectivity index is 2.14. The minimum absolute atomic E-state index is 0.321. The molecule has 0 saturated heterocycles. The second-order valence-corrected chi connectivity index (χ2v) is 6.85. The van der Waals surface area contributed by atoms with Gasteiger partial charge in [0.25, 0.3) is 5.91 Å². The normalized spacial score (nSPS) is 11.5. The summed E-state index contributed by atoms with van der Waals surface area (Å²) in [4.78, 5) is 29.6. The summed E-state index contributed by atoms with van der Waals surface area (Å²) in [6, 6.07) is 9.39. The maximum atomic E-state index is 12.5. The van der Waals surface area contributed by atoms with Gasteiger partial charge in [-0.2, -0.15) is 0 Å². The lowest BCUT2D eigenvalue weighted by Gasteiger charge is -2.14. The summed E-state index contributed by atoms with van der Waals surface area (Å²) >= 11 is 1.39. The molecule has 136 valence electrons. The number of aromatic nitrogens is 1. The van der Waals surface area contributed by atoms with E-state index in [9.17, 15) is 9.59 Å².